The minimum Gasteiger partial charge on any atom is -0.396 e. The van der Waals surface area contributed by atoms with Gasteiger partial charge in [0, 0.05) is 4.47 Å². The molecule has 3 N–H and O–H groups in total. The smallest absolute Gasteiger partial charge is 0.262 e. The molecule has 0 unspecified atom stereocenters. The highest BCUT2D eigenvalue weighted by molar-refractivity contribution is 9.10. The Kier molecular flexibility index (Phi) is 4.01. The first-order chi connectivity index (χ1) is 9.29. The summed E-state index contributed by atoms with van der Waals surface area (Å²) in [7, 11) is -3.85. The second-order valence-electron chi connectivity index (χ2n) is 4.25. The third-order valence-electron chi connectivity index (χ3n) is 2.71. The van der Waals surface area contributed by atoms with E-state index >= 15 is 0 Å². The van der Waals surface area contributed by atoms with Crippen LogP contribution in [0.3, 0.4) is 0 Å². The van der Waals surface area contributed by atoms with Crippen LogP contribution in [0.4, 0.5) is 15.8 Å². The molecule has 106 valence electrons. The number of hydrogen-bond acceptors (Lipinski definition) is 3. The number of nitrogen functional groups attached to an aromatic ring is 1. The molecule has 0 aliphatic rings. The molecule has 0 radical (unpaired) electrons. The van der Waals surface area contributed by atoms with Crippen molar-refractivity contribution in [2.75, 3.05) is 10.5 Å². The van der Waals surface area contributed by atoms with Crippen molar-refractivity contribution in [3.8, 4) is 0 Å². The van der Waals surface area contributed by atoms with Crippen molar-refractivity contribution in [1.29, 1.82) is 0 Å². The first-order valence-corrected chi connectivity index (χ1v) is 7.91. The van der Waals surface area contributed by atoms with Gasteiger partial charge in [-0.15, -0.1) is 0 Å². The number of anilines is 2. The monoisotopic (exact) mass is 358 g/mol. The maximum Gasteiger partial charge on any atom is 0.262 e. The van der Waals surface area contributed by atoms with Gasteiger partial charge in [-0.05, 0) is 48.9 Å². The first kappa shape index (κ1) is 14.8. The molecule has 2 aromatic carbocycles. The molecule has 0 aliphatic heterocycles. The Balaban J connectivity index is 2.38. The van der Waals surface area contributed by atoms with Crippen molar-refractivity contribution in [2.45, 2.75) is 11.8 Å². The van der Waals surface area contributed by atoms with Gasteiger partial charge in [-0.25, -0.2) is 12.8 Å². The van der Waals surface area contributed by atoms with Gasteiger partial charge in [-0.2, -0.15) is 0 Å². The molecule has 0 heterocycles. The number of nitrogens with two attached hydrogens (primary N) is 1. The van der Waals surface area contributed by atoms with Gasteiger partial charge in [0.25, 0.3) is 10.0 Å². The average Bonchev–Trinajstić information content (AvgIpc) is 2.36. The lowest BCUT2D eigenvalue weighted by Crippen LogP contribution is -2.14. The number of benzene rings is 2. The lowest BCUT2D eigenvalue weighted by molar-refractivity contribution is 0.596. The fourth-order valence-electron chi connectivity index (χ4n) is 1.62. The van der Waals surface area contributed by atoms with E-state index in [4.69, 9.17) is 5.73 Å². The molecule has 0 saturated carbocycles. The van der Waals surface area contributed by atoms with E-state index in [0.29, 0.717) is 5.69 Å². The lowest BCUT2D eigenvalue weighted by Gasteiger charge is -2.11. The van der Waals surface area contributed by atoms with Crippen LogP contribution < -0.4 is 10.5 Å². The minimum atomic E-state index is -3.85. The molecule has 2 aromatic rings. The Morgan fingerprint density at radius 3 is 2.50 bits per heavy atom. The topological polar surface area (TPSA) is 72.2 Å². The number of halogens is 2. The Bertz CT molecular complexity index is 763. The van der Waals surface area contributed by atoms with Crippen LogP contribution in [0.15, 0.2) is 45.8 Å². The second kappa shape index (κ2) is 5.41. The highest BCUT2D eigenvalue weighted by Gasteiger charge is 2.16. The summed E-state index contributed by atoms with van der Waals surface area (Å²) in [6.45, 7) is 1.77. The summed E-state index contributed by atoms with van der Waals surface area (Å²) in [5.41, 5.74) is 6.42. The zero-order chi connectivity index (χ0) is 14.9. The fraction of sp³-hybridized carbons (Fsp3) is 0.0769. The zero-order valence-electron chi connectivity index (χ0n) is 10.5. The third kappa shape index (κ3) is 3.10. The summed E-state index contributed by atoms with van der Waals surface area (Å²) in [6, 6.07) is 8.50. The van der Waals surface area contributed by atoms with E-state index in [-0.39, 0.29) is 10.6 Å². The summed E-state index contributed by atoms with van der Waals surface area (Å²) >= 11 is 3.30. The van der Waals surface area contributed by atoms with E-state index in [1.165, 1.54) is 12.1 Å². The summed E-state index contributed by atoms with van der Waals surface area (Å²) in [4.78, 5) is -0.175. The van der Waals surface area contributed by atoms with Crippen LogP contribution >= 0.6 is 15.9 Å². The molecule has 0 saturated heterocycles. The predicted molar refractivity (Wildman–Crippen MR) is 80.5 cm³/mol. The summed E-state index contributed by atoms with van der Waals surface area (Å²) in [5, 5.41) is 0. The first-order valence-electron chi connectivity index (χ1n) is 5.63. The number of nitrogens with one attached hydrogen (secondary N) is 1. The molecule has 2 rings (SSSR count). The van der Waals surface area contributed by atoms with Crippen LogP contribution in [0.5, 0.6) is 0 Å². The molecule has 0 atom stereocenters. The van der Waals surface area contributed by atoms with Crippen LogP contribution in [0, 0.1) is 12.7 Å². The van der Waals surface area contributed by atoms with Crippen molar-refractivity contribution in [3.63, 3.8) is 0 Å². The maximum absolute atomic E-state index is 13.4. The average molecular weight is 359 g/mol. The maximum atomic E-state index is 13.4. The van der Waals surface area contributed by atoms with Gasteiger partial charge in [-0.3, -0.25) is 4.72 Å². The quantitative estimate of drug-likeness (QED) is 0.827. The van der Waals surface area contributed by atoms with Crippen molar-refractivity contribution < 1.29 is 12.8 Å². The normalized spacial score (nSPS) is 11.3. The SMILES string of the molecule is Cc1cc(Br)ccc1NS(=O)(=O)c1ccc(N)c(F)c1. The van der Waals surface area contributed by atoms with Crippen LogP contribution in [0.2, 0.25) is 0 Å². The molecule has 0 amide bonds. The number of rotatable bonds is 3. The Morgan fingerprint density at radius 2 is 1.90 bits per heavy atom. The Hall–Kier alpha value is -1.60. The molecule has 0 bridgehead atoms. The van der Waals surface area contributed by atoms with Crippen LogP contribution in [-0.2, 0) is 10.0 Å². The van der Waals surface area contributed by atoms with E-state index in [9.17, 15) is 12.8 Å². The molecular weight excluding hydrogens is 347 g/mol. The van der Waals surface area contributed by atoms with Crippen molar-refractivity contribution in [2.24, 2.45) is 0 Å². The van der Waals surface area contributed by atoms with E-state index < -0.39 is 15.8 Å². The number of aryl methyl sites for hydroxylation is 1. The van der Waals surface area contributed by atoms with E-state index in [0.717, 1.165) is 16.1 Å². The van der Waals surface area contributed by atoms with E-state index in [1.807, 2.05) is 0 Å². The Labute approximate surface area is 125 Å². The lowest BCUT2D eigenvalue weighted by atomic mass is 10.2. The zero-order valence-corrected chi connectivity index (χ0v) is 12.9. The van der Waals surface area contributed by atoms with Crippen molar-refractivity contribution in [3.05, 3.63) is 52.3 Å². The molecule has 0 aromatic heterocycles. The molecule has 20 heavy (non-hydrogen) atoms. The van der Waals surface area contributed by atoms with Crippen LogP contribution in [-0.4, -0.2) is 8.42 Å². The molecule has 4 nitrogen and oxygen atoms in total. The summed E-state index contributed by atoms with van der Waals surface area (Å²) < 4.78 is 41.0. The van der Waals surface area contributed by atoms with Crippen LogP contribution in [0.1, 0.15) is 5.56 Å². The fourth-order valence-corrected chi connectivity index (χ4v) is 3.24. The van der Waals surface area contributed by atoms with Gasteiger partial charge in [0.15, 0.2) is 0 Å². The molecule has 0 spiro atoms. The predicted octanol–water partition coefficient (Wildman–Crippen LogP) is 3.28. The Morgan fingerprint density at radius 1 is 1.20 bits per heavy atom. The van der Waals surface area contributed by atoms with Gasteiger partial charge in [0.2, 0.25) is 0 Å². The molecule has 7 heteroatoms. The highest BCUT2D eigenvalue weighted by atomic mass is 79.9. The second-order valence-corrected chi connectivity index (χ2v) is 6.85. The minimum absolute atomic E-state index is 0.0937. The molecular formula is C13H12BrFN2O2S. The third-order valence-corrected chi connectivity index (χ3v) is 4.57. The van der Waals surface area contributed by atoms with Gasteiger partial charge >= 0.3 is 0 Å². The number of sulfonamides is 1. The van der Waals surface area contributed by atoms with Gasteiger partial charge in [0.1, 0.15) is 5.82 Å². The van der Waals surface area contributed by atoms with Crippen molar-refractivity contribution in [1.82, 2.24) is 0 Å². The van der Waals surface area contributed by atoms with Crippen LogP contribution in [0.25, 0.3) is 0 Å². The molecule has 0 fully saturated rings. The van der Waals surface area contributed by atoms with Crippen molar-refractivity contribution >= 4 is 37.3 Å². The highest BCUT2D eigenvalue weighted by Crippen LogP contribution is 2.24. The summed E-state index contributed by atoms with van der Waals surface area (Å²) in [5.74, 6) is -0.764. The van der Waals surface area contributed by atoms with E-state index in [2.05, 4.69) is 20.7 Å². The largest absolute Gasteiger partial charge is 0.396 e. The number of hydrogen-bond donors (Lipinski definition) is 2. The van der Waals surface area contributed by atoms with Gasteiger partial charge in [0.05, 0.1) is 16.3 Å². The summed E-state index contributed by atoms with van der Waals surface area (Å²) in [6.07, 6.45) is 0. The van der Waals surface area contributed by atoms with Gasteiger partial charge < -0.3 is 5.73 Å². The van der Waals surface area contributed by atoms with Gasteiger partial charge in [-0.1, -0.05) is 15.9 Å². The molecule has 0 aliphatic carbocycles. The standard InChI is InChI=1S/C13H12BrFN2O2S/c1-8-6-9(14)2-5-13(8)17-20(18,19)10-3-4-12(16)11(15)7-10/h2-7,17H,16H2,1H3. The van der Waals surface area contributed by atoms with E-state index in [1.54, 1.807) is 25.1 Å².